The molecule has 170 valence electrons. The van der Waals surface area contributed by atoms with E-state index in [-0.39, 0.29) is 37.8 Å². The summed E-state index contributed by atoms with van der Waals surface area (Å²) >= 11 is 0. The van der Waals surface area contributed by atoms with Crippen molar-refractivity contribution < 1.29 is 38.1 Å². The van der Waals surface area contributed by atoms with E-state index in [1.165, 1.54) is 0 Å². The maximum absolute atomic E-state index is 12.8. The number of amides is 2. The van der Waals surface area contributed by atoms with E-state index in [4.69, 9.17) is 18.9 Å². The third kappa shape index (κ3) is 5.77. The molecule has 2 amide bonds. The molecule has 0 aromatic rings. The number of rotatable bonds is 7. The quantitative estimate of drug-likeness (QED) is 0.477. The Morgan fingerprint density at radius 1 is 0.833 bits per heavy atom. The predicted molar refractivity (Wildman–Crippen MR) is 105 cm³/mol. The van der Waals surface area contributed by atoms with Gasteiger partial charge in [-0.15, -0.1) is 0 Å². The molecule has 30 heavy (non-hydrogen) atoms. The molecule has 0 spiro atoms. The Hall–Kier alpha value is -2.98. The zero-order valence-electron chi connectivity index (χ0n) is 18.6. The average Bonchev–Trinajstić information content (AvgIpc) is 2.96. The normalized spacial score (nSPS) is 16.3. The smallest absolute Gasteiger partial charge is 0.435 e. The molecule has 11 nitrogen and oxygen atoms in total. The van der Waals surface area contributed by atoms with Gasteiger partial charge >= 0.3 is 24.1 Å². The van der Waals surface area contributed by atoms with Gasteiger partial charge in [0.1, 0.15) is 11.4 Å². The molecule has 1 unspecified atom stereocenters. The van der Waals surface area contributed by atoms with E-state index in [1.807, 2.05) is 0 Å². The van der Waals surface area contributed by atoms with Crippen LogP contribution in [0.25, 0.3) is 0 Å². The zero-order chi connectivity index (χ0) is 23.1. The molecule has 1 aliphatic heterocycles. The van der Waals surface area contributed by atoms with Crippen LogP contribution in [0.3, 0.4) is 0 Å². The minimum atomic E-state index is -1.60. The van der Waals surface area contributed by atoms with Crippen LogP contribution in [-0.4, -0.2) is 72.2 Å². The fourth-order valence-corrected chi connectivity index (χ4v) is 2.66. The minimum Gasteiger partial charge on any atom is -0.464 e. The second-order valence-electron chi connectivity index (χ2n) is 7.07. The molecular formula is C19H31N3O8. The molecule has 0 radical (unpaired) electrons. The second-order valence-corrected chi connectivity index (χ2v) is 7.07. The summed E-state index contributed by atoms with van der Waals surface area (Å²) in [6, 6.07) is -1.60. The first-order chi connectivity index (χ1) is 14.0. The Balaban J connectivity index is 3.77. The summed E-state index contributed by atoms with van der Waals surface area (Å²) in [4.78, 5) is 51.2. The van der Waals surface area contributed by atoms with Gasteiger partial charge in [-0.05, 0) is 48.5 Å². The van der Waals surface area contributed by atoms with Crippen molar-refractivity contribution >= 4 is 24.1 Å². The molecule has 0 aliphatic carbocycles. The standard InChI is InChI=1S/C19H31N3O8/c1-8-27-15(23)12-13(16(24)28-9-2)21(17(25)29-10-3)22(18(26)30-11-4)14(12)20-19(5,6)7/h13,20H,8-11H2,1-7H3. The van der Waals surface area contributed by atoms with E-state index >= 15 is 0 Å². The maximum Gasteiger partial charge on any atom is 0.435 e. The minimum absolute atomic E-state index is 0.00634. The first-order valence-corrected chi connectivity index (χ1v) is 9.82. The van der Waals surface area contributed by atoms with E-state index in [0.29, 0.717) is 5.01 Å². The molecule has 1 atom stereocenters. The van der Waals surface area contributed by atoms with Gasteiger partial charge in [-0.3, -0.25) is 0 Å². The van der Waals surface area contributed by atoms with Crippen molar-refractivity contribution in [1.29, 1.82) is 0 Å². The molecule has 1 rings (SSSR count). The summed E-state index contributed by atoms with van der Waals surface area (Å²) in [6.45, 7) is 11.6. The first kappa shape index (κ1) is 25.1. The van der Waals surface area contributed by atoms with Crippen LogP contribution >= 0.6 is 0 Å². The number of esters is 2. The highest BCUT2D eigenvalue weighted by molar-refractivity contribution is 6.02. The van der Waals surface area contributed by atoms with Gasteiger partial charge in [0.15, 0.2) is 6.04 Å². The second kappa shape index (κ2) is 10.7. The largest absolute Gasteiger partial charge is 0.464 e. The molecule has 1 N–H and O–H groups in total. The number of hydrogen-bond donors (Lipinski definition) is 1. The van der Waals surface area contributed by atoms with Gasteiger partial charge in [-0.25, -0.2) is 19.2 Å². The van der Waals surface area contributed by atoms with Crippen molar-refractivity contribution in [2.45, 2.75) is 60.0 Å². The molecule has 11 heteroatoms. The third-order valence-corrected chi connectivity index (χ3v) is 3.59. The maximum atomic E-state index is 12.8. The number of ether oxygens (including phenoxy) is 4. The van der Waals surface area contributed by atoms with Gasteiger partial charge in [-0.2, -0.15) is 10.0 Å². The van der Waals surface area contributed by atoms with Crippen LogP contribution < -0.4 is 5.32 Å². The molecule has 0 saturated heterocycles. The van der Waals surface area contributed by atoms with Crippen molar-refractivity contribution in [3.63, 3.8) is 0 Å². The summed E-state index contributed by atoms with van der Waals surface area (Å²) in [7, 11) is 0. The lowest BCUT2D eigenvalue weighted by Gasteiger charge is -2.33. The van der Waals surface area contributed by atoms with Crippen LogP contribution in [0.1, 0.15) is 48.5 Å². The van der Waals surface area contributed by atoms with Crippen LogP contribution in [0, 0.1) is 0 Å². The summed E-state index contributed by atoms with van der Waals surface area (Å²) < 4.78 is 20.3. The average molecular weight is 429 g/mol. The fourth-order valence-electron chi connectivity index (χ4n) is 2.66. The van der Waals surface area contributed by atoms with Crippen LogP contribution in [0.4, 0.5) is 9.59 Å². The zero-order valence-corrected chi connectivity index (χ0v) is 18.6. The summed E-state index contributed by atoms with van der Waals surface area (Å²) in [6.07, 6.45) is -2.01. The Bertz CT molecular complexity index is 698. The molecule has 0 bridgehead atoms. The third-order valence-electron chi connectivity index (χ3n) is 3.59. The number of hydrogen-bond acceptors (Lipinski definition) is 9. The topological polar surface area (TPSA) is 124 Å². The van der Waals surface area contributed by atoms with E-state index < -0.39 is 35.7 Å². The van der Waals surface area contributed by atoms with Crippen LogP contribution in [0.15, 0.2) is 11.4 Å². The number of carbonyl (C=O) groups excluding carboxylic acids is 4. The van der Waals surface area contributed by atoms with Gasteiger partial charge in [-0.1, -0.05) is 0 Å². The van der Waals surface area contributed by atoms with Gasteiger partial charge in [0.25, 0.3) is 0 Å². The van der Waals surface area contributed by atoms with Crippen LogP contribution in [0.5, 0.6) is 0 Å². The monoisotopic (exact) mass is 429 g/mol. The van der Waals surface area contributed by atoms with Gasteiger partial charge < -0.3 is 24.3 Å². The van der Waals surface area contributed by atoms with E-state index in [0.717, 1.165) is 5.01 Å². The SMILES string of the molecule is CCOC(=O)C1=C(NC(C)(C)C)N(C(=O)OCC)N(C(=O)OCC)C1C(=O)OCC. The summed E-state index contributed by atoms with van der Waals surface area (Å²) in [5, 5.41) is 4.48. The molecular weight excluding hydrogens is 398 g/mol. The van der Waals surface area contributed by atoms with Crippen LogP contribution in [-0.2, 0) is 28.5 Å². The Labute approximate surface area is 176 Å². The van der Waals surface area contributed by atoms with Crippen molar-refractivity contribution in [2.75, 3.05) is 26.4 Å². The van der Waals surface area contributed by atoms with Gasteiger partial charge in [0.05, 0.1) is 26.4 Å². The van der Waals surface area contributed by atoms with Gasteiger partial charge in [0, 0.05) is 5.54 Å². The van der Waals surface area contributed by atoms with Crippen LogP contribution in [0.2, 0.25) is 0 Å². The summed E-state index contributed by atoms with van der Waals surface area (Å²) in [5.74, 6) is -1.93. The van der Waals surface area contributed by atoms with Crippen molar-refractivity contribution in [3.8, 4) is 0 Å². The van der Waals surface area contributed by atoms with Crippen molar-refractivity contribution in [2.24, 2.45) is 0 Å². The molecule has 0 aromatic carbocycles. The lowest BCUT2D eigenvalue weighted by atomic mass is 10.1. The molecule has 1 aliphatic rings. The molecule has 0 aromatic heterocycles. The first-order valence-electron chi connectivity index (χ1n) is 9.82. The lowest BCUT2D eigenvalue weighted by molar-refractivity contribution is -0.152. The Kier molecular flexibility index (Phi) is 8.94. The van der Waals surface area contributed by atoms with Crippen molar-refractivity contribution in [3.05, 3.63) is 11.4 Å². The predicted octanol–water partition coefficient (Wildman–Crippen LogP) is 1.93. The number of nitrogens with zero attached hydrogens (tertiary/aromatic N) is 2. The highest BCUT2D eigenvalue weighted by Gasteiger charge is 2.54. The summed E-state index contributed by atoms with van der Waals surface area (Å²) in [5.41, 5.74) is -0.923. The molecule has 1 heterocycles. The number of carbonyl (C=O) groups is 4. The Morgan fingerprint density at radius 2 is 1.33 bits per heavy atom. The van der Waals surface area contributed by atoms with E-state index in [9.17, 15) is 19.2 Å². The molecule has 0 saturated carbocycles. The number of hydrazine groups is 1. The molecule has 0 fully saturated rings. The van der Waals surface area contributed by atoms with Crippen molar-refractivity contribution in [1.82, 2.24) is 15.3 Å². The van der Waals surface area contributed by atoms with E-state index in [2.05, 4.69) is 5.32 Å². The van der Waals surface area contributed by atoms with E-state index in [1.54, 1.807) is 48.5 Å². The number of nitrogens with one attached hydrogen (secondary N) is 1. The lowest BCUT2D eigenvalue weighted by Crippen LogP contribution is -2.55. The Morgan fingerprint density at radius 3 is 1.80 bits per heavy atom. The fraction of sp³-hybridized carbons (Fsp3) is 0.684. The van der Waals surface area contributed by atoms with Gasteiger partial charge in [0.2, 0.25) is 0 Å². The highest BCUT2D eigenvalue weighted by atomic mass is 16.6. The highest BCUT2D eigenvalue weighted by Crippen LogP contribution is 2.33.